The molecule has 1 heterocycles. The van der Waals surface area contributed by atoms with Gasteiger partial charge in [0.05, 0.1) is 0 Å². The van der Waals surface area contributed by atoms with Crippen molar-refractivity contribution in [1.82, 2.24) is 20.8 Å². The maximum atomic E-state index is 11.0. The van der Waals surface area contributed by atoms with E-state index in [9.17, 15) is 14.4 Å². The molecule has 0 aromatic carbocycles. The molecule has 70 valence electrons. The number of nitrogens with one attached hydrogen (secondary N) is 4. The monoisotopic (exact) mass is 184 g/mol. The Labute approximate surface area is 72.2 Å². The molecule has 0 bridgehead atoms. The van der Waals surface area contributed by atoms with Gasteiger partial charge in [0.25, 0.3) is 5.56 Å². The van der Waals surface area contributed by atoms with Gasteiger partial charge in [0.2, 0.25) is 6.41 Å². The van der Waals surface area contributed by atoms with Gasteiger partial charge in [0.1, 0.15) is 0 Å². The Kier molecular flexibility index (Phi) is 2.98. The fourth-order valence-electron chi connectivity index (χ4n) is 0.757. The van der Waals surface area contributed by atoms with Crippen molar-refractivity contribution >= 4 is 6.41 Å². The molecule has 0 saturated carbocycles. The Morgan fingerprint density at radius 1 is 1.46 bits per heavy atom. The summed E-state index contributed by atoms with van der Waals surface area (Å²) in [6.45, 7) is 0.144. The first-order valence-electron chi connectivity index (χ1n) is 3.47. The standard InChI is InChI=1S/C6H8N4O3/c11-3-9-8-2-4-1-7-6(13)10-5(4)12/h1,3,8H,2H2,(H,9,11)(H2,7,10,12,13). The number of aromatic amines is 2. The lowest BCUT2D eigenvalue weighted by atomic mass is 10.3. The summed E-state index contributed by atoms with van der Waals surface area (Å²) in [7, 11) is 0. The highest BCUT2D eigenvalue weighted by Gasteiger charge is 1.97. The van der Waals surface area contributed by atoms with Crippen LogP contribution >= 0.6 is 0 Å². The summed E-state index contributed by atoms with van der Waals surface area (Å²) < 4.78 is 0. The van der Waals surface area contributed by atoms with Crippen molar-refractivity contribution < 1.29 is 4.79 Å². The Balaban J connectivity index is 2.72. The van der Waals surface area contributed by atoms with Gasteiger partial charge < -0.3 is 4.98 Å². The second-order valence-corrected chi connectivity index (χ2v) is 2.21. The van der Waals surface area contributed by atoms with Crippen LogP contribution in [0.15, 0.2) is 15.8 Å². The summed E-state index contributed by atoms with van der Waals surface area (Å²) in [5, 5.41) is 0. The number of aromatic nitrogens is 2. The van der Waals surface area contributed by atoms with E-state index in [-0.39, 0.29) is 6.54 Å². The number of amides is 1. The zero-order valence-corrected chi connectivity index (χ0v) is 6.59. The zero-order chi connectivity index (χ0) is 9.68. The van der Waals surface area contributed by atoms with E-state index in [1.54, 1.807) is 0 Å². The molecule has 0 aliphatic rings. The van der Waals surface area contributed by atoms with Gasteiger partial charge in [-0.05, 0) is 0 Å². The third-order valence-electron chi connectivity index (χ3n) is 1.34. The molecule has 0 radical (unpaired) electrons. The van der Waals surface area contributed by atoms with Crippen molar-refractivity contribution in [3.8, 4) is 0 Å². The van der Waals surface area contributed by atoms with Crippen molar-refractivity contribution in [2.45, 2.75) is 6.54 Å². The summed E-state index contributed by atoms with van der Waals surface area (Å²) in [6, 6.07) is 0. The lowest BCUT2D eigenvalue weighted by Crippen LogP contribution is -2.34. The van der Waals surface area contributed by atoms with Gasteiger partial charge in [0, 0.05) is 18.3 Å². The van der Waals surface area contributed by atoms with E-state index in [0.717, 1.165) is 0 Å². The predicted molar refractivity (Wildman–Crippen MR) is 43.7 cm³/mol. The molecule has 0 aliphatic carbocycles. The lowest BCUT2D eigenvalue weighted by Gasteiger charge is -1.99. The highest BCUT2D eigenvalue weighted by atomic mass is 16.2. The summed E-state index contributed by atoms with van der Waals surface area (Å²) in [4.78, 5) is 35.7. The molecule has 0 atom stereocenters. The minimum absolute atomic E-state index is 0.144. The van der Waals surface area contributed by atoms with Gasteiger partial charge >= 0.3 is 5.69 Å². The van der Waals surface area contributed by atoms with Crippen LogP contribution in [-0.2, 0) is 11.3 Å². The third-order valence-corrected chi connectivity index (χ3v) is 1.34. The van der Waals surface area contributed by atoms with E-state index >= 15 is 0 Å². The Morgan fingerprint density at radius 3 is 2.85 bits per heavy atom. The van der Waals surface area contributed by atoms with Gasteiger partial charge in [-0.1, -0.05) is 0 Å². The molecular formula is C6H8N4O3. The first-order chi connectivity index (χ1) is 6.24. The third kappa shape index (κ3) is 2.56. The average Bonchev–Trinajstić information content (AvgIpc) is 2.09. The minimum atomic E-state index is -0.558. The molecule has 0 fully saturated rings. The zero-order valence-electron chi connectivity index (χ0n) is 6.59. The van der Waals surface area contributed by atoms with Gasteiger partial charge in [-0.25, -0.2) is 10.2 Å². The van der Waals surface area contributed by atoms with Crippen LogP contribution in [0, 0.1) is 0 Å². The van der Waals surface area contributed by atoms with Crippen molar-refractivity contribution in [3.63, 3.8) is 0 Å². The number of rotatable bonds is 4. The highest BCUT2D eigenvalue weighted by molar-refractivity contribution is 5.44. The first kappa shape index (κ1) is 9.20. The Hall–Kier alpha value is -1.89. The van der Waals surface area contributed by atoms with Gasteiger partial charge in [0.15, 0.2) is 0 Å². The number of H-pyrrole nitrogens is 2. The number of hydrogen-bond acceptors (Lipinski definition) is 4. The van der Waals surface area contributed by atoms with Gasteiger partial charge in [-0.3, -0.25) is 20.0 Å². The molecule has 1 aromatic rings. The molecule has 0 unspecified atom stereocenters. The molecule has 0 spiro atoms. The van der Waals surface area contributed by atoms with Crippen LogP contribution in [0.25, 0.3) is 0 Å². The second-order valence-electron chi connectivity index (χ2n) is 2.21. The van der Waals surface area contributed by atoms with Crippen molar-refractivity contribution in [2.24, 2.45) is 0 Å². The fraction of sp³-hybridized carbons (Fsp3) is 0.167. The fourth-order valence-corrected chi connectivity index (χ4v) is 0.757. The van der Waals surface area contributed by atoms with Crippen molar-refractivity contribution in [1.29, 1.82) is 0 Å². The number of carbonyl (C=O) groups excluding carboxylic acids is 1. The molecule has 0 saturated heterocycles. The topological polar surface area (TPSA) is 107 Å². The van der Waals surface area contributed by atoms with E-state index in [4.69, 9.17) is 0 Å². The van der Waals surface area contributed by atoms with Crippen LogP contribution in [0.5, 0.6) is 0 Å². The van der Waals surface area contributed by atoms with E-state index in [1.807, 2.05) is 4.98 Å². The maximum absolute atomic E-state index is 11.0. The largest absolute Gasteiger partial charge is 0.325 e. The lowest BCUT2D eigenvalue weighted by molar-refractivity contribution is -0.110. The Morgan fingerprint density at radius 2 is 2.23 bits per heavy atom. The normalized spacial score (nSPS) is 9.54. The van der Waals surface area contributed by atoms with E-state index in [2.05, 4.69) is 15.8 Å². The van der Waals surface area contributed by atoms with Crippen LogP contribution in [0.4, 0.5) is 0 Å². The van der Waals surface area contributed by atoms with Gasteiger partial charge in [-0.15, -0.1) is 0 Å². The number of hydrogen-bond donors (Lipinski definition) is 4. The highest BCUT2D eigenvalue weighted by Crippen LogP contribution is 1.80. The first-order valence-corrected chi connectivity index (χ1v) is 3.47. The second kappa shape index (κ2) is 4.21. The summed E-state index contributed by atoms with van der Waals surface area (Å²) >= 11 is 0. The van der Waals surface area contributed by atoms with Crippen LogP contribution in [0.1, 0.15) is 5.56 Å². The number of hydrazine groups is 1. The Bertz CT molecular complexity index is 393. The molecule has 0 aliphatic heterocycles. The summed E-state index contributed by atoms with van der Waals surface area (Å²) in [6.07, 6.45) is 1.72. The van der Waals surface area contributed by atoms with E-state index < -0.39 is 11.2 Å². The molecule has 1 rings (SSSR count). The number of carbonyl (C=O) groups is 1. The van der Waals surface area contributed by atoms with E-state index in [1.165, 1.54) is 6.20 Å². The van der Waals surface area contributed by atoms with Gasteiger partial charge in [-0.2, -0.15) is 0 Å². The SMILES string of the molecule is O=CNNCc1c[nH]c(=O)[nH]c1=O. The molecule has 1 aromatic heterocycles. The van der Waals surface area contributed by atoms with Crippen LogP contribution < -0.4 is 22.1 Å². The van der Waals surface area contributed by atoms with Crippen LogP contribution in [0.3, 0.4) is 0 Å². The molecular weight excluding hydrogens is 176 g/mol. The quantitative estimate of drug-likeness (QED) is 0.242. The minimum Gasteiger partial charge on any atom is -0.314 e. The molecule has 7 nitrogen and oxygen atoms in total. The predicted octanol–water partition coefficient (Wildman–Crippen LogP) is -2.19. The van der Waals surface area contributed by atoms with Crippen LogP contribution in [0.2, 0.25) is 0 Å². The smallest absolute Gasteiger partial charge is 0.314 e. The van der Waals surface area contributed by atoms with E-state index in [0.29, 0.717) is 12.0 Å². The maximum Gasteiger partial charge on any atom is 0.325 e. The average molecular weight is 184 g/mol. The molecule has 7 heteroatoms. The van der Waals surface area contributed by atoms with Crippen molar-refractivity contribution in [2.75, 3.05) is 0 Å². The summed E-state index contributed by atoms with van der Waals surface area (Å²) in [5.41, 5.74) is 3.90. The molecule has 13 heavy (non-hydrogen) atoms. The summed E-state index contributed by atoms with van der Waals surface area (Å²) in [5.74, 6) is 0. The molecule has 1 amide bonds. The molecule has 4 N–H and O–H groups in total. The van der Waals surface area contributed by atoms with Crippen molar-refractivity contribution in [3.05, 3.63) is 32.6 Å². The van der Waals surface area contributed by atoms with Crippen LogP contribution in [-0.4, -0.2) is 16.4 Å².